The lowest BCUT2D eigenvalue weighted by atomic mass is 9.87. The molecule has 0 aliphatic carbocycles. The molecule has 144 valence electrons. The number of nitrogens with two attached hydrogens (primary N) is 1. The van der Waals surface area contributed by atoms with Gasteiger partial charge in [0.2, 0.25) is 15.9 Å². The Morgan fingerprint density at radius 2 is 1.42 bits per heavy atom. The molecule has 0 radical (unpaired) electrons. The third-order valence-electron chi connectivity index (χ3n) is 3.48. The second kappa shape index (κ2) is 7.83. The van der Waals surface area contributed by atoms with Crippen molar-refractivity contribution in [3.05, 3.63) is 29.3 Å². The first-order valence-electron chi connectivity index (χ1n) is 7.47. The maximum atomic E-state index is 12.7. The fourth-order valence-electron chi connectivity index (χ4n) is 2.11. The van der Waals surface area contributed by atoms with Gasteiger partial charge in [0, 0.05) is 0 Å². The predicted octanol–water partition coefficient (Wildman–Crippen LogP) is 0.438. The zero-order valence-corrected chi connectivity index (χ0v) is 16.0. The zero-order chi connectivity index (χ0) is 20.3. The van der Waals surface area contributed by atoms with Crippen LogP contribution in [-0.2, 0) is 24.3 Å². The van der Waals surface area contributed by atoms with Gasteiger partial charge in [0.1, 0.15) is 6.04 Å². The second-order valence-electron chi connectivity index (χ2n) is 6.55. The largest absolute Gasteiger partial charge is 0.465 e. The van der Waals surface area contributed by atoms with Gasteiger partial charge < -0.3 is 15.2 Å². The molecule has 0 bridgehead atoms. The van der Waals surface area contributed by atoms with Crippen molar-refractivity contribution in [1.29, 1.82) is 0 Å². The van der Waals surface area contributed by atoms with E-state index in [1.54, 1.807) is 20.8 Å². The predicted molar refractivity (Wildman–Crippen MR) is 91.9 cm³/mol. The number of hydrogen-bond donors (Lipinski definition) is 2. The van der Waals surface area contributed by atoms with E-state index in [9.17, 15) is 22.8 Å². The molecular formula is C16H22N2O7S. The lowest BCUT2D eigenvalue weighted by Crippen LogP contribution is -2.51. The minimum Gasteiger partial charge on any atom is -0.465 e. The maximum Gasteiger partial charge on any atom is 0.337 e. The average molecular weight is 386 g/mol. The van der Waals surface area contributed by atoms with Gasteiger partial charge in [-0.3, -0.25) is 4.79 Å². The summed E-state index contributed by atoms with van der Waals surface area (Å²) < 4.78 is 36.7. The van der Waals surface area contributed by atoms with Crippen LogP contribution in [0.4, 0.5) is 0 Å². The Balaban J connectivity index is 3.49. The number of sulfonamides is 1. The molecule has 0 saturated carbocycles. The van der Waals surface area contributed by atoms with Crippen LogP contribution in [0, 0.1) is 5.41 Å². The van der Waals surface area contributed by atoms with Crippen molar-refractivity contribution in [2.75, 3.05) is 14.2 Å². The standard InChI is InChI=1S/C16H22N2O7S/c1-16(2,3)12(13(17)19)18-26(22,23)11-7-9(14(20)24-4)6-10(8-11)15(21)25-5/h6-8,12,18H,1-5H3,(H2,17,19)/t12-/m1/s1. The van der Waals surface area contributed by atoms with Crippen LogP contribution in [0.5, 0.6) is 0 Å². The van der Waals surface area contributed by atoms with Gasteiger partial charge in [0.25, 0.3) is 0 Å². The zero-order valence-electron chi connectivity index (χ0n) is 15.2. The number of benzene rings is 1. The summed E-state index contributed by atoms with van der Waals surface area (Å²) in [5, 5.41) is 0. The fourth-order valence-corrected chi connectivity index (χ4v) is 3.59. The van der Waals surface area contributed by atoms with Crippen molar-refractivity contribution in [3.63, 3.8) is 0 Å². The topological polar surface area (TPSA) is 142 Å². The van der Waals surface area contributed by atoms with Crippen LogP contribution in [0.3, 0.4) is 0 Å². The molecule has 0 fully saturated rings. The molecule has 26 heavy (non-hydrogen) atoms. The van der Waals surface area contributed by atoms with Crippen molar-refractivity contribution < 1.29 is 32.3 Å². The molecule has 1 aromatic rings. The van der Waals surface area contributed by atoms with E-state index in [1.807, 2.05) is 0 Å². The molecule has 1 aromatic carbocycles. The summed E-state index contributed by atoms with van der Waals surface area (Å²) in [5.41, 5.74) is 4.16. The van der Waals surface area contributed by atoms with Crippen LogP contribution < -0.4 is 10.5 Å². The van der Waals surface area contributed by atoms with Crippen LogP contribution >= 0.6 is 0 Å². The lowest BCUT2D eigenvalue weighted by molar-refractivity contribution is -0.121. The highest BCUT2D eigenvalue weighted by molar-refractivity contribution is 7.89. The lowest BCUT2D eigenvalue weighted by Gasteiger charge is -2.28. The number of carbonyl (C=O) groups is 3. The second-order valence-corrected chi connectivity index (χ2v) is 8.27. The van der Waals surface area contributed by atoms with Gasteiger partial charge in [-0.25, -0.2) is 18.0 Å². The van der Waals surface area contributed by atoms with Gasteiger partial charge >= 0.3 is 11.9 Å². The SMILES string of the molecule is COC(=O)c1cc(C(=O)OC)cc(S(=O)(=O)N[C@H](C(N)=O)C(C)(C)C)c1. The monoisotopic (exact) mass is 386 g/mol. The highest BCUT2D eigenvalue weighted by Gasteiger charge is 2.34. The fraction of sp³-hybridized carbons (Fsp3) is 0.438. The van der Waals surface area contributed by atoms with Crippen molar-refractivity contribution in [2.24, 2.45) is 11.1 Å². The van der Waals surface area contributed by atoms with Crippen molar-refractivity contribution in [1.82, 2.24) is 4.72 Å². The normalized spacial score (nSPS) is 13.0. The number of amides is 1. The van der Waals surface area contributed by atoms with E-state index in [-0.39, 0.29) is 11.1 Å². The summed E-state index contributed by atoms with van der Waals surface area (Å²) in [5.74, 6) is -2.54. The van der Waals surface area contributed by atoms with Crippen LogP contribution in [0.25, 0.3) is 0 Å². The summed E-state index contributed by atoms with van der Waals surface area (Å²) in [7, 11) is -2.06. The number of methoxy groups -OCH3 is 2. The number of hydrogen-bond acceptors (Lipinski definition) is 7. The molecule has 0 saturated heterocycles. The molecule has 0 unspecified atom stereocenters. The molecule has 0 spiro atoms. The molecule has 0 heterocycles. The van der Waals surface area contributed by atoms with Crippen LogP contribution in [-0.4, -0.2) is 46.5 Å². The molecule has 1 atom stereocenters. The van der Waals surface area contributed by atoms with E-state index in [4.69, 9.17) is 5.73 Å². The Morgan fingerprint density at radius 3 is 1.73 bits per heavy atom. The number of esters is 2. The van der Waals surface area contributed by atoms with Crippen molar-refractivity contribution in [2.45, 2.75) is 31.7 Å². The maximum absolute atomic E-state index is 12.7. The van der Waals surface area contributed by atoms with Gasteiger partial charge in [-0.1, -0.05) is 20.8 Å². The third-order valence-corrected chi connectivity index (χ3v) is 4.88. The number of rotatable bonds is 6. The first kappa shape index (κ1) is 21.6. The van der Waals surface area contributed by atoms with Gasteiger partial charge in [-0.2, -0.15) is 4.72 Å². The third kappa shape index (κ3) is 5.02. The van der Waals surface area contributed by atoms with Gasteiger partial charge in [0.05, 0.1) is 30.2 Å². The molecule has 0 aromatic heterocycles. The van der Waals surface area contributed by atoms with Gasteiger partial charge in [0.15, 0.2) is 0 Å². The molecule has 9 nitrogen and oxygen atoms in total. The molecule has 0 aliphatic heterocycles. The van der Waals surface area contributed by atoms with Crippen LogP contribution in [0.2, 0.25) is 0 Å². The molecule has 10 heteroatoms. The van der Waals surface area contributed by atoms with E-state index in [2.05, 4.69) is 14.2 Å². The summed E-state index contributed by atoms with van der Waals surface area (Å²) >= 11 is 0. The minimum atomic E-state index is -4.28. The summed E-state index contributed by atoms with van der Waals surface area (Å²) in [4.78, 5) is 34.8. The van der Waals surface area contributed by atoms with E-state index in [1.165, 1.54) is 0 Å². The van der Waals surface area contributed by atoms with Crippen LogP contribution in [0.1, 0.15) is 41.5 Å². The Kier molecular flexibility index (Phi) is 6.50. The average Bonchev–Trinajstić information content (AvgIpc) is 2.56. The summed E-state index contributed by atoms with van der Waals surface area (Å²) in [6, 6.07) is 1.99. The van der Waals surface area contributed by atoms with Gasteiger partial charge in [-0.15, -0.1) is 0 Å². The highest BCUT2D eigenvalue weighted by Crippen LogP contribution is 2.23. The quantitative estimate of drug-likeness (QED) is 0.675. The Bertz CT molecular complexity index is 791. The van der Waals surface area contributed by atoms with Crippen LogP contribution in [0.15, 0.2) is 23.1 Å². The Hall–Kier alpha value is -2.46. The Morgan fingerprint density at radius 1 is 1.00 bits per heavy atom. The molecule has 3 N–H and O–H groups in total. The first-order valence-corrected chi connectivity index (χ1v) is 8.95. The van der Waals surface area contributed by atoms with E-state index in [0.717, 1.165) is 32.4 Å². The summed E-state index contributed by atoms with van der Waals surface area (Å²) in [6.45, 7) is 4.90. The molecule has 1 rings (SSSR count). The smallest absolute Gasteiger partial charge is 0.337 e. The minimum absolute atomic E-state index is 0.165. The summed E-state index contributed by atoms with van der Waals surface area (Å²) in [6.07, 6.45) is 0. The van der Waals surface area contributed by atoms with Crippen molar-refractivity contribution >= 4 is 27.9 Å². The molecule has 1 amide bonds. The van der Waals surface area contributed by atoms with Crippen molar-refractivity contribution in [3.8, 4) is 0 Å². The highest BCUT2D eigenvalue weighted by atomic mass is 32.2. The van der Waals surface area contributed by atoms with E-state index < -0.39 is 44.2 Å². The number of nitrogens with one attached hydrogen (secondary N) is 1. The van der Waals surface area contributed by atoms with E-state index >= 15 is 0 Å². The number of primary amides is 1. The van der Waals surface area contributed by atoms with E-state index in [0.29, 0.717) is 0 Å². The first-order chi connectivity index (χ1) is 11.8. The molecular weight excluding hydrogens is 364 g/mol. The molecule has 0 aliphatic rings. The Labute approximate surface area is 151 Å². The van der Waals surface area contributed by atoms with Gasteiger partial charge in [-0.05, 0) is 23.6 Å². The number of ether oxygens (including phenoxy) is 2. The number of carbonyl (C=O) groups excluding carboxylic acids is 3.